The van der Waals surface area contributed by atoms with Crippen LogP contribution in [-0.4, -0.2) is 11.6 Å². The van der Waals surface area contributed by atoms with Gasteiger partial charge in [0.1, 0.15) is 5.84 Å². The van der Waals surface area contributed by atoms with Crippen molar-refractivity contribution in [2.75, 3.05) is 5.75 Å². The van der Waals surface area contributed by atoms with E-state index < -0.39 is 0 Å². The van der Waals surface area contributed by atoms with Crippen molar-refractivity contribution in [3.63, 3.8) is 0 Å². The number of benzene rings is 1. The third-order valence-electron chi connectivity index (χ3n) is 3.18. The van der Waals surface area contributed by atoms with Gasteiger partial charge in [0.05, 0.1) is 0 Å². The van der Waals surface area contributed by atoms with Crippen LogP contribution in [0.1, 0.15) is 31.2 Å². The Balaban J connectivity index is 2.07. The van der Waals surface area contributed by atoms with E-state index in [9.17, 15) is 0 Å². The van der Waals surface area contributed by atoms with Crippen molar-refractivity contribution in [1.29, 1.82) is 5.41 Å². The van der Waals surface area contributed by atoms with Crippen molar-refractivity contribution < 1.29 is 0 Å². The molecule has 1 aromatic rings. The molecule has 0 aliphatic heterocycles. The SMILES string of the molecule is N=C(N)c1ccc(Cl)cc1SCC1CCCC1. The van der Waals surface area contributed by atoms with Gasteiger partial charge in [-0.05, 0) is 37.0 Å². The van der Waals surface area contributed by atoms with Gasteiger partial charge in [-0.3, -0.25) is 5.41 Å². The Bertz CT molecular complexity index is 414. The Kier molecular flexibility index (Phi) is 4.35. The van der Waals surface area contributed by atoms with Crippen LogP contribution in [0.4, 0.5) is 0 Å². The zero-order valence-electron chi connectivity index (χ0n) is 9.71. The number of halogens is 1. The van der Waals surface area contributed by atoms with E-state index in [4.69, 9.17) is 22.7 Å². The second kappa shape index (κ2) is 5.78. The molecule has 0 unspecified atom stereocenters. The first-order chi connectivity index (χ1) is 8.16. The summed E-state index contributed by atoms with van der Waals surface area (Å²) in [7, 11) is 0. The summed E-state index contributed by atoms with van der Waals surface area (Å²) in [5.41, 5.74) is 6.38. The quantitative estimate of drug-likeness (QED) is 0.494. The Morgan fingerprint density at radius 2 is 2.12 bits per heavy atom. The fourth-order valence-electron chi connectivity index (χ4n) is 2.22. The Hall–Kier alpha value is -0.670. The molecular weight excluding hydrogens is 252 g/mol. The van der Waals surface area contributed by atoms with Crippen LogP contribution in [0.5, 0.6) is 0 Å². The molecule has 1 aliphatic carbocycles. The lowest BCUT2D eigenvalue weighted by Gasteiger charge is -2.11. The van der Waals surface area contributed by atoms with Crippen LogP contribution in [0.15, 0.2) is 23.1 Å². The summed E-state index contributed by atoms with van der Waals surface area (Å²) >= 11 is 7.77. The van der Waals surface area contributed by atoms with Crippen molar-refractivity contribution in [1.82, 2.24) is 0 Å². The topological polar surface area (TPSA) is 49.9 Å². The number of amidine groups is 1. The van der Waals surface area contributed by atoms with Crippen LogP contribution < -0.4 is 5.73 Å². The lowest BCUT2D eigenvalue weighted by atomic mass is 10.1. The number of nitrogens with two attached hydrogens (primary N) is 1. The standard InChI is InChI=1S/C13H17ClN2S/c14-10-5-6-11(13(15)16)12(7-10)17-8-9-3-1-2-4-9/h5-7,9H,1-4,8H2,(H3,15,16). The first kappa shape index (κ1) is 12.8. The predicted octanol–water partition coefficient (Wildman–Crippen LogP) is 3.91. The lowest BCUT2D eigenvalue weighted by Crippen LogP contribution is -2.12. The molecule has 0 heterocycles. The highest BCUT2D eigenvalue weighted by Gasteiger charge is 2.16. The van der Waals surface area contributed by atoms with Crippen LogP contribution in [0.2, 0.25) is 5.02 Å². The fourth-order valence-corrected chi connectivity index (χ4v) is 3.75. The Morgan fingerprint density at radius 1 is 1.41 bits per heavy atom. The molecule has 1 fully saturated rings. The maximum atomic E-state index is 7.56. The third kappa shape index (κ3) is 3.39. The molecule has 0 bridgehead atoms. The van der Waals surface area contributed by atoms with Crippen molar-refractivity contribution in [3.05, 3.63) is 28.8 Å². The minimum atomic E-state index is 0.121. The van der Waals surface area contributed by atoms with Crippen LogP contribution in [0, 0.1) is 11.3 Å². The van der Waals surface area contributed by atoms with E-state index in [-0.39, 0.29) is 5.84 Å². The van der Waals surface area contributed by atoms with Crippen LogP contribution in [0.3, 0.4) is 0 Å². The van der Waals surface area contributed by atoms with Crippen molar-refractivity contribution in [3.8, 4) is 0 Å². The lowest BCUT2D eigenvalue weighted by molar-refractivity contribution is 0.623. The van der Waals surface area contributed by atoms with E-state index in [1.807, 2.05) is 12.1 Å². The molecular formula is C13H17ClN2S. The van der Waals surface area contributed by atoms with Gasteiger partial charge in [0.25, 0.3) is 0 Å². The number of thioether (sulfide) groups is 1. The van der Waals surface area contributed by atoms with Crippen LogP contribution >= 0.6 is 23.4 Å². The van der Waals surface area contributed by atoms with E-state index in [0.717, 1.165) is 22.1 Å². The molecule has 0 spiro atoms. The van der Waals surface area contributed by atoms with Crippen molar-refractivity contribution >= 4 is 29.2 Å². The van der Waals surface area contributed by atoms with Gasteiger partial charge >= 0.3 is 0 Å². The van der Waals surface area contributed by atoms with E-state index in [2.05, 4.69) is 0 Å². The second-order valence-electron chi connectivity index (χ2n) is 4.52. The highest BCUT2D eigenvalue weighted by atomic mass is 35.5. The van der Waals surface area contributed by atoms with Gasteiger partial charge in [-0.2, -0.15) is 0 Å². The number of hydrogen-bond acceptors (Lipinski definition) is 2. The first-order valence-corrected chi connectivity index (χ1v) is 7.30. The zero-order valence-corrected chi connectivity index (χ0v) is 11.3. The average Bonchev–Trinajstić information content (AvgIpc) is 2.78. The van der Waals surface area contributed by atoms with Gasteiger partial charge in [-0.25, -0.2) is 0 Å². The zero-order chi connectivity index (χ0) is 12.3. The van der Waals surface area contributed by atoms with E-state index in [0.29, 0.717) is 5.02 Å². The van der Waals surface area contributed by atoms with Crippen molar-refractivity contribution in [2.45, 2.75) is 30.6 Å². The summed E-state index contributed by atoms with van der Waals surface area (Å²) in [6.07, 6.45) is 5.40. The normalized spacial score (nSPS) is 16.3. The van der Waals surface area contributed by atoms with Crippen LogP contribution in [0.25, 0.3) is 0 Å². The van der Waals surface area contributed by atoms with Crippen molar-refractivity contribution in [2.24, 2.45) is 11.7 Å². The molecule has 0 radical (unpaired) electrons. The summed E-state index contributed by atoms with van der Waals surface area (Å²) in [5, 5.41) is 8.27. The molecule has 3 N–H and O–H groups in total. The fraction of sp³-hybridized carbons (Fsp3) is 0.462. The number of hydrogen-bond donors (Lipinski definition) is 2. The summed E-state index contributed by atoms with van der Waals surface area (Å²) in [6.45, 7) is 0. The Morgan fingerprint density at radius 3 is 2.76 bits per heavy atom. The molecule has 2 rings (SSSR count). The maximum Gasteiger partial charge on any atom is 0.123 e. The predicted molar refractivity (Wildman–Crippen MR) is 75.2 cm³/mol. The van der Waals surface area contributed by atoms with Gasteiger partial charge < -0.3 is 5.73 Å². The molecule has 0 amide bonds. The van der Waals surface area contributed by atoms with E-state index in [1.54, 1.807) is 17.8 Å². The highest BCUT2D eigenvalue weighted by Crippen LogP contribution is 2.33. The maximum absolute atomic E-state index is 7.56. The molecule has 1 aliphatic rings. The molecule has 1 saturated carbocycles. The number of rotatable bonds is 4. The average molecular weight is 269 g/mol. The van der Waals surface area contributed by atoms with Gasteiger partial charge in [0.2, 0.25) is 0 Å². The molecule has 0 atom stereocenters. The summed E-state index contributed by atoms with van der Waals surface area (Å²) < 4.78 is 0. The third-order valence-corrected chi connectivity index (χ3v) is 4.71. The molecule has 17 heavy (non-hydrogen) atoms. The molecule has 0 aromatic heterocycles. The van der Waals surface area contributed by atoms with E-state index >= 15 is 0 Å². The van der Waals surface area contributed by atoms with Crippen LogP contribution in [-0.2, 0) is 0 Å². The van der Waals surface area contributed by atoms with E-state index in [1.165, 1.54) is 25.7 Å². The summed E-state index contributed by atoms with van der Waals surface area (Å²) in [6, 6.07) is 5.54. The Labute approximate surface area is 111 Å². The number of nitrogens with one attached hydrogen (secondary N) is 1. The number of nitrogen functional groups attached to an aromatic ring is 1. The minimum absolute atomic E-state index is 0.121. The molecule has 0 saturated heterocycles. The summed E-state index contributed by atoms with van der Waals surface area (Å²) in [4.78, 5) is 1.04. The molecule has 2 nitrogen and oxygen atoms in total. The molecule has 4 heteroatoms. The molecule has 92 valence electrons. The monoisotopic (exact) mass is 268 g/mol. The highest BCUT2D eigenvalue weighted by molar-refractivity contribution is 7.99. The second-order valence-corrected chi connectivity index (χ2v) is 6.01. The van der Waals surface area contributed by atoms with Gasteiger partial charge in [0.15, 0.2) is 0 Å². The molecule has 1 aromatic carbocycles. The minimum Gasteiger partial charge on any atom is -0.384 e. The summed E-state index contributed by atoms with van der Waals surface area (Å²) in [5.74, 6) is 2.05. The first-order valence-electron chi connectivity index (χ1n) is 5.93. The van der Waals surface area contributed by atoms with Gasteiger partial charge in [-0.1, -0.05) is 24.4 Å². The smallest absolute Gasteiger partial charge is 0.123 e. The largest absolute Gasteiger partial charge is 0.384 e. The van der Waals surface area contributed by atoms with Gasteiger partial charge in [-0.15, -0.1) is 11.8 Å². The van der Waals surface area contributed by atoms with Gasteiger partial charge in [0, 0.05) is 21.2 Å².